The van der Waals surface area contributed by atoms with E-state index in [1.165, 1.54) is 11.3 Å². The minimum atomic E-state index is -0.910. The molecule has 1 N–H and O–H groups in total. The van der Waals surface area contributed by atoms with E-state index in [0.29, 0.717) is 25.1 Å². The Morgan fingerprint density at radius 2 is 1.90 bits per heavy atom. The average Bonchev–Trinajstić information content (AvgIpc) is 2.80. The molecule has 1 aromatic carbocycles. The molecule has 0 aliphatic rings. The quantitative estimate of drug-likeness (QED) is 0.866. The van der Waals surface area contributed by atoms with Gasteiger partial charge in [-0.3, -0.25) is 0 Å². The predicted molar refractivity (Wildman–Crippen MR) is 77.9 cm³/mol. The first kappa shape index (κ1) is 16.0. The van der Waals surface area contributed by atoms with Gasteiger partial charge < -0.3 is 5.32 Å². The Morgan fingerprint density at radius 3 is 2.43 bits per heavy atom. The summed E-state index contributed by atoms with van der Waals surface area (Å²) in [4.78, 5) is 4.32. The number of aryl methyl sites for hydroxylation is 1. The second kappa shape index (κ2) is 7.04. The molecule has 1 unspecified atom stereocenters. The van der Waals surface area contributed by atoms with Crippen molar-refractivity contribution in [1.29, 1.82) is 0 Å². The van der Waals surface area contributed by atoms with Crippen molar-refractivity contribution in [2.75, 3.05) is 6.54 Å². The summed E-state index contributed by atoms with van der Waals surface area (Å²) in [7, 11) is 0. The number of hydrogen-bond acceptors (Lipinski definition) is 3. The van der Waals surface area contributed by atoms with Gasteiger partial charge in [-0.25, -0.2) is 18.2 Å². The molecular formula is C15H17F3N2S. The number of halogens is 3. The van der Waals surface area contributed by atoms with Crippen molar-refractivity contribution in [3.05, 3.63) is 51.2 Å². The standard InChI is InChI=1S/C15H17F3N2S/c1-3-4-19-14(7-11-8-21-9(2)20-11)15-12(17)5-10(16)6-13(15)18/h5-6,8,14,19H,3-4,7H2,1-2H3. The summed E-state index contributed by atoms with van der Waals surface area (Å²) < 4.78 is 41.0. The SMILES string of the molecule is CCCNC(Cc1csc(C)n1)c1c(F)cc(F)cc1F. The predicted octanol–water partition coefficient (Wildman–Crippen LogP) is 4.15. The number of hydrogen-bond donors (Lipinski definition) is 1. The smallest absolute Gasteiger partial charge is 0.133 e. The third-order valence-electron chi connectivity index (χ3n) is 3.11. The van der Waals surface area contributed by atoms with E-state index in [4.69, 9.17) is 0 Å². The molecule has 0 aliphatic heterocycles. The summed E-state index contributed by atoms with van der Waals surface area (Å²) in [6, 6.07) is 0.864. The molecule has 0 aliphatic carbocycles. The van der Waals surface area contributed by atoms with E-state index in [2.05, 4.69) is 10.3 Å². The van der Waals surface area contributed by atoms with Gasteiger partial charge in [-0.2, -0.15) is 0 Å². The Kier molecular flexibility index (Phi) is 5.36. The normalized spacial score (nSPS) is 12.6. The van der Waals surface area contributed by atoms with Crippen molar-refractivity contribution >= 4 is 11.3 Å². The molecule has 0 saturated carbocycles. The van der Waals surface area contributed by atoms with Gasteiger partial charge in [-0.05, 0) is 19.9 Å². The maximum absolute atomic E-state index is 14.0. The van der Waals surface area contributed by atoms with Gasteiger partial charge in [0.1, 0.15) is 17.5 Å². The Balaban J connectivity index is 2.31. The van der Waals surface area contributed by atoms with Crippen LogP contribution in [0.15, 0.2) is 17.5 Å². The van der Waals surface area contributed by atoms with Crippen molar-refractivity contribution in [3.63, 3.8) is 0 Å². The number of nitrogens with zero attached hydrogens (tertiary/aromatic N) is 1. The first-order valence-corrected chi connectivity index (χ1v) is 7.68. The van der Waals surface area contributed by atoms with Crippen molar-refractivity contribution in [2.24, 2.45) is 0 Å². The molecule has 0 radical (unpaired) electrons. The molecule has 2 rings (SSSR count). The fraction of sp³-hybridized carbons (Fsp3) is 0.400. The molecule has 0 fully saturated rings. The summed E-state index contributed by atoms with van der Waals surface area (Å²) in [6.45, 7) is 4.46. The second-order valence-corrected chi connectivity index (χ2v) is 5.91. The average molecular weight is 314 g/mol. The van der Waals surface area contributed by atoms with Crippen LogP contribution < -0.4 is 5.32 Å². The Labute approximate surface area is 126 Å². The number of aromatic nitrogens is 1. The largest absolute Gasteiger partial charge is 0.309 e. The molecule has 1 heterocycles. The summed E-state index contributed by atoms with van der Waals surface area (Å²) in [6.07, 6.45) is 1.20. The van der Waals surface area contributed by atoms with Gasteiger partial charge in [0, 0.05) is 35.5 Å². The van der Waals surface area contributed by atoms with Crippen LogP contribution in [-0.4, -0.2) is 11.5 Å². The van der Waals surface area contributed by atoms with Gasteiger partial charge in [0.2, 0.25) is 0 Å². The van der Waals surface area contributed by atoms with Crippen molar-refractivity contribution in [2.45, 2.75) is 32.7 Å². The van der Waals surface area contributed by atoms with Crippen LogP contribution in [0, 0.1) is 24.4 Å². The van der Waals surface area contributed by atoms with Crippen LogP contribution in [-0.2, 0) is 6.42 Å². The van der Waals surface area contributed by atoms with E-state index >= 15 is 0 Å². The number of thiazole rings is 1. The number of nitrogens with one attached hydrogen (secondary N) is 1. The summed E-state index contributed by atoms with van der Waals surface area (Å²) in [5.41, 5.74) is 0.643. The molecule has 0 amide bonds. The molecule has 6 heteroatoms. The van der Waals surface area contributed by atoms with Gasteiger partial charge in [0.05, 0.1) is 10.7 Å². The second-order valence-electron chi connectivity index (χ2n) is 4.85. The molecule has 0 saturated heterocycles. The van der Waals surface area contributed by atoms with Gasteiger partial charge in [-0.15, -0.1) is 11.3 Å². The minimum Gasteiger partial charge on any atom is -0.309 e. The van der Waals surface area contributed by atoms with E-state index in [1.54, 1.807) is 0 Å². The maximum atomic E-state index is 14.0. The highest BCUT2D eigenvalue weighted by Gasteiger charge is 2.22. The molecule has 21 heavy (non-hydrogen) atoms. The van der Waals surface area contributed by atoms with E-state index in [0.717, 1.165) is 17.1 Å². The molecule has 0 bridgehead atoms. The fourth-order valence-electron chi connectivity index (χ4n) is 2.19. The zero-order chi connectivity index (χ0) is 15.4. The lowest BCUT2D eigenvalue weighted by Gasteiger charge is -2.19. The van der Waals surface area contributed by atoms with Crippen LogP contribution in [0.1, 0.15) is 35.7 Å². The van der Waals surface area contributed by atoms with Crippen LogP contribution in [0.3, 0.4) is 0 Å². The lowest BCUT2D eigenvalue weighted by molar-refractivity contribution is 0.453. The van der Waals surface area contributed by atoms with E-state index in [9.17, 15) is 13.2 Å². The van der Waals surface area contributed by atoms with Gasteiger partial charge in [0.25, 0.3) is 0 Å². The first-order chi connectivity index (χ1) is 10.0. The molecule has 2 nitrogen and oxygen atoms in total. The third-order valence-corrected chi connectivity index (χ3v) is 3.94. The van der Waals surface area contributed by atoms with Crippen LogP contribution in [0.25, 0.3) is 0 Å². The van der Waals surface area contributed by atoms with Crippen LogP contribution in [0.5, 0.6) is 0 Å². The monoisotopic (exact) mass is 314 g/mol. The highest BCUT2D eigenvalue weighted by Crippen LogP contribution is 2.26. The highest BCUT2D eigenvalue weighted by atomic mass is 32.1. The minimum absolute atomic E-state index is 0.129. The van der Waals surface area contributed by atoms with Crippen molar-refractivity contribution < 1.29 is 13.2 Å². The maximum Gasteiger partial charge on any atom is 0.133 e. The lowest BCUT2D eigenvalue weighted by atomic mass is 10.0. The van der Waals surface area contributed by atoms with Gasteiger partial charge in [-0.1, -0.05) is 6.92 Å². The van der Waals surface area contributed by atoms with Crippen molar-refractivity contribution in [1.82, 2.24) is 10.3 Å². The lowest BCUT2D eigenvalue weighted by Crippen LogP contribution is -2.26. The van der Waals surface area contributed by atoms with E-state index in [1.807, 2.05) is 19.2 Å². The molecule has 0 spiro atoms. The van der Waals surface area contributed by atoms with Crippen molar-refractivity contribution in [3.8, 4) is 0 Å². The summed E-state index contributed by atoms with van der Waals surface area (Å²) in [5, 5.41) is 5.88. The zero-order valence-corrected chi connectivity index (χ0v) is 12.7. The Bertz CT molecular complexity index is 590. The van der Waals surface area contributed by atoms with Crippen LogP contribution in [0.2, 0.25) is 0 Å². The van der Waals surface area contributed by atoms with E-state index < -0.39 is 23.5 Å². The molecular weight excluding hydrogens is 297 g/mol. The summed E-state index contributed by atoms with van der Waals surface area (Å²) in [5.74, 6) is -2.64. The highest BCUT2D eigenvalue weighted by molar-refractivity contribution is 7.09. The topological polar surface area (TPSA) is 24.9 Å². The fourth-order valence-corrected chi connectivity index (χ4v) is 2.82. The first-order valence-electron chi connectivity index (χ1n) is 6.80. The van der Waals surface area contributed by atoms with Gasteiger partial charge >= 0.3 is 0 Å². The molecule has 1 aromatic heterocycles. The van der Waals surface area contributed by atoms with Crippen LogP contribution >= 0.6 is 11.3 Å². The number of benzene rings is 1. The molecule has 1 atom stereocenters. The zero-order valence-electron chi connectivity index (χ0n) is 11.9. The van der Waals surface area contributed by atoms with Gasteiger partial charge in [0.15, 0.2) is 0 Å². The molecule has 114 valence electrons. The van der Waals surface area contributed by atoms with Crippen LogP contribution in [0.4, 0.5) is 13.2 Å². The van der Waals surface area contributed by atoms with E-state index in [-0.39, 0.29) is 5.56 Å². The Hall–Kier alpha value is -1.40. The molecule has 2 aromatic rings. The number of rotatable bonds is 6. The third kappa shape index (κ3) is 4.04. The Morgan fingerprint density at radius 1 is 1.24 bits per heavy atom. The summed E-state index contributed by atoms with van der Waals surface area (Å²) >= 11 is 1.49.